The SMILES string of the molecule is COc1cccc(/C=C/C(=O)NCC2COc3ccccc3O2)c1OC. The van der Waals surface area contributed by atoms with Gasteiger partial charge in [-0.05, 0) is 24.3 Å². The molecule has 0 fully saturated rings. The second-order valence-corrected chi connectivity index (χ2v) is 5.66. The van der Waals surface area contributed by atoms with Crippen LogP contribution in [0, 0.1) is 0 Å². The summed E-state index contributed by atoms with van der Waals surface area (Å²) in [6.45, 7) is 0.747. The molecular weight excluding hydrogens is 334 g/mol. The second kappa shape index (κ2) is 8.29. The Labute approximate surface area is 152 Å². The Bertz CT molecular complexity index is 803. The molecule has 1 aliphatic heterocycles. The van der Waals surface area contributed by atoms with Crippen LogP contribution >= 0.6 is 0 Å². The lowest BCUT2D eigenvalue weighted by atomic mass is 10.1. The first-order chi connectivity index (χ1) is 12.7. The van der Waals surface area contributed by atoms with Gasteiger partial charge in [-0.1, -0.05) is 24.3 Å². The van der Waals surface area contributed by atoms with Gasteiger partial charge in [0.15, 0.2) is 23.0 Å². The summed E-state index contributed by atoms with van der Waals surface area (Å²) >= 11 is 0. The van der Waals surface area contributed by atoms with Crippen LogP contribution in [-0.4, -0.2) is 39.4 Å². The Balaban J connectivity index is 1.56. The van der Waals surface area contributed by atoms with Crippen LogP contribution < -0.4 is 24.3 Å². The molecule has 1 heterocycles. The zero-order valence-electron chi connectivity index (χ0n) is 14.7. The van der Waals surface area contributed by atoms with E-state index in [1.54, 1.807) is 26.4 Å². The molecule has 6 heteroatoms. The van der Waals surface area contributed by atoms with Crippen LogP contribution in [0.5, 0.6) is 23.0 Å². The number of amides is 1. The highest BCUT2D eigenvalue weighted by molar-refractivity contribution is 5.92. The zero-order valence-corrected chi connectivity index (χ0v) is 14.7. The number of hydrogen-bond acceptors (Lipinski definition) is 5. The van der Waals surface area contributed by atoms with E-state index in [0.717, 1.165) is 11.3 Å². The predicted octanol–water partition coefficient (Wildman–Crippen LogP) is 2.67. The molecule has 6 nitrogen and oxygen atoms in total. The van der Waals surface area contributed by atoms with Crippen molar-refractivity contribution in [2.45, 2.75) is 6.10 Å². The van der Waals surface area contributed by atoms with Crippen LogP contribution in [0.25, 0.3) is 6.08 Å². The van der Waals surface area contributed by atoms with E-state index in [2.05, 4.69) is 5.32 Å². The van der Waals surface area contributed by atoms with E-state index >= 15 is 0 Å². The lowest BCUT2D eigenvalue weighted by Gasteiger charge is -2.26. The van der Waals surface area contributed by atoms with Crippen LogP contribution in [0.1, 0.15) is 5.56 Å². The van der Waals surface area contributed by atoms with Crippen LogP contribution in [0.15, 0.2) is 48.5 Å². The van der Waals surface area contributed by atoms with Gasteiger partial charge in [0, 0.05) is 11.6 Å². The third kappa shape index (κ3) is 4.08. The van der Waals surface area contributed by atoms with Crippen molar-refractivity contribution in [3.63, 3.8) is 0 Å². The van der Waals surface area contributed by atoms with Crippen LogP contribution in [0.2, 0.25) is 0 Å². The summed E-state index contributed by atoms with van der Waals surface area (Å²) in [5.41, 5.74) is 0.758. The molecule has 0 spiro atoms. The Morgan fingerprint density at radius 3 is 2.73 bits per heavy atom. The largest absolute Gasteiger partial charge is 0.493 e. The van der Waals surface area contributed by atoms with Crippen molar-refractivity contribution >= 4 is 12.0 Å². The van der Waals surface area contributed by atoms with Crippen molar-refractivity contribution in [3.8, 4) is 23.0 Å². The number of methoxy groups -OCH3 is 2. The van der Waals surface area contributed by atoms with Gasteiger partial charge in [-0.2, -0.15) is 0 Å². The normalized spacial score (nSPS) is 15.5. The van der Waals surface area contributed by atoms with Gasteiger partial charge in [0.25, 0.3) is 0 Å². The van der Waals surface area contributed by atoms with E-state index in [1.807, 2.05) is 36.4 Å². The smallest absolute Gasteiger partial charge is 0.244 e. The molecule has 0 saturated carbocycles. The fourth-order valence-corrected chi connectivity index (χ4v) is 2.65. The maximum atomic E-state index is 12.1. The van der Waals surface area contributed by atoms with E-state index in [-0.39, 0.29) is 12.0 Å². The second-order valence-electron chi connectivity index (χ2n) is 5.66. The first-order valence-electron chi connectivity index (χ1n) is 8.26. The summed E-state index contributed by atoms with van der Waals surface area (Å²) in [5, 5.41) is 2.82. The molecule has 0 bridgehead atoms. The molecule has 26 heavy (non-hydrogen) atoms. The summed E-state index contributed by atoms with van der Waals surface area (Å²) in [4.78, 5) is 12.1. The number of nitrogens with one attached hydrogen (secondary N) is 1. The first-order valence-corrected chi connectivity index (χ1v) is 8.26. The van der Waals surface area contributed by atoms with Gasteiger partial charge in [-0.3, -0.25) is 4.79 Å². The number of para-hydroxylation sites is 3. The Morgan fingerprint density at radius 1 is 1.15 bits per heavy atom. The van der Waals surface area contributed by atoms with Gasteiger partial charge in [0.05, 0.1) is 20.8 Å². The number of carbonyl (C=O) groups is 1. The van der Waals surface area contributed by atoms with Crippen molar-refractivity contribution in [3.05, 3.63) is 54.1 Å². The molecule has 0 aliphatic carbocycles. The molecule has 2 aromatic carbocycles. The van der Waals surface area contributed by atoms with Crippen LogP contribution in [0.3, 0.4) is 0 Å². The summed E-state index contributed by atoms with van der Waals surface area (Å²) in [6.07, 6.45) is 2.91. The van der Waals surface area contributed by atoms with Gasteiger partial charge in [-0.15, -0.1) is 0 Å². The lowest BCUT2D eigenvalue weighted by Crippen LogP contribution is -2.40. The molecule has 0 saturated heterocycles. The highest BCUT2D eigenvalue weighted by Gasteiger charge is 2.20. The van der Waals surface area contributed by atoms with Crippen LogP contribution in [-0.2, 0) is 4.79 Å². The third-order valence-corrected chi connectivity index (χ3v) is 3.92. The molecule has 3 rings (SSSR count). The highest BCUT2D eigenvalue weighted by atomic mass is 16.6. The van der Waals surface area contributed by atoms with Crippen molar-refractivity contribution < 1.29 is 23.7 Å². The van der Waals surface area contributed by atoms with Gasteiger partial charge in [0.2, 0.25) is 5.91 Å². The number of rotatable bonds is 6. The van der Waals surface area contributed by atoms with E-state index < -0.39 is 0 Å². The van der Waals surface area contributed by atoms with Gasteiger partial charge < -0.3 is 24.3 Å². The number of hydrogen-bond donors (Lipinski definition) is 1. The zero-order chi connectivity index (χ0) is 18.4. The van der Waals surface area contributed by atoms with Gasteiger partial charge in [-0.25, -0.2) is 0 Å². The van der Waals surface area contributed by atoms with E-state index in [0.29, 0.717) is 30.4 Å². The Hall–Kier alpha value is -3.15. The van der Waals surface area contributed by atoms with Crippen molar-refractivity contribution in [2.75, 3.05) is 27.4 Å². The minimum absolute atomic E-state index is 0.225. The maximum absolute atomic E-state index is 12.1. The molecule has 1 atom stereocenters. The van der Waals surface area contributed by atoms with E-state index in [4.69, 9.17) is 18.9 Å². The molecule has 2 aromatic rings. The van der Waals surface area contributed by atoms with E-state index in [9.17, 15) is 4.79 Å². The fourth-order valence-electron chi connectivity index (χ4n) is 2.65. The first kappa shape index (κ1) is 17.7. The van der Waals surface area contributed by atoms with Crippen molar-refractivity contribution in [1.82, 2.24) is 5.32 Å². The average Bonchev–Trinajstić information content (AvgIpc) is 2.70. The van der Waals surface area contributed by atoms with Gasteiger partial charge >= 0.3 is 0 Å². The molecule has 136 valence electrons. The standard InChI is InChI=1S/C20H21NO5/c1-23-18-9-5-6-14(20(18)24-2)10-11-19(22)21-12-15-13-25-16-7-3-4-8-17(16)26-15/h3-11,15H,12-13H2,1-2H3,(H,21,22)/b11-10+. The van der Waals surface area contributed by atoms with Crippen molar-refractivity contribution in [1.29, 1.82) is 0 Å². The molecule has 0 aromatic heterocycles. The van der Waals surface area contributed by atoms with Crippen LogP contribution in [0.4, 0.5) is 0 Å². The molecule has 1 N–H and O–H groups in total. The number of fused-ring (bicyclic) bond motifs is 1. The van der Waals surface area contributed by atoms with E-state index in [1.165, 1.54) is 6.08 Å². The number of ether oxygens (including phenoxy) is 4. The summed E-state index contributed by atoms with van der Waals surface area (Å²) in [5.74, 6) is 2.38. The van der Waals surface area contributed by atoms with Gasteiger partial charge in [0.1, 0.15) is 12.7 Å². The third-order valence-electron chi connectivity index (χ3n) is 3.92. The predicted molar refractivity (Wildman–Crippen MR) is 97.9 cm³/mol. The highest BCUT2D eigenvalue weighted by Crippen LogP contribution is 2.32. The maximum Gasteiger partial charge on any atom is 0.244 e. The summed E-state index contributed by atoms with van der Waals surface area (Å²) in [6, 6.07) is 13.0. The summed E-state index contributed by atoms with van der Waals surface area (Å²) in [7, 11) is 3.13. The average molecular weight is 355 g/mol. The molecule has 0 radical (unpaired) electrons. The number of carbonyl (C=O) groups excluding carboxylic acids is 1. The molecule has 1 amide bonds. The molecular formula is C20H21NO5. The fraction of sp³-hybridized carbons (Fsp3) is 0.250. The summed E-state index contributed by atoms with van der Waals surface area (Å²) < 4.78 is 22.0. The van der Waals surface area contributed by atoms with Crippen molar-refractivity contribution in [2.24, 2.45) is 0 Å². The Kier molecular flexibility index (Phi) is 5.63. The number of benzene rings is 2. The topological polar surface area (TPSA) is 66.0 Å². The molecule has 1 aliphatic rings. The Morgan fingerprint density at radius 2 is 1.96 bits per heavy atom. The monoisotopic (exact) mass is 355 g/mol. The lowest BCUT2D eigenvalue weighted by molar-refractivity contribution is -0.116. The quantitative estimate of drug-likeness (QED) is 0.807. The molecule has 1 unspecified atom stereocenters. The minimum atomic E-state index is -0.228. The minimum Gasteiger partial charge on any atom is -0.493 e.